The monoisotopic (exact) mass is 268 g/mol. The SMILES string of the molecule is CC1CNC(C(C)(C)C)CN1CCC1CCCCO1. The standard InChI is InChI=1S/C16H32N2O/c1-13-11-17-15(16(2,3)4)12-18(13)9-8-14-7-5-6-10-19-14/h13-15,17H,5-12H2,1-4H3. The summed E-state index contributed by atoms with van der Waals surface area (Å²) in [5, 5.41) is 3.70. The first-order chi connectivity index (χ1) is 8.97. The van der Waals surface area contributed by atoms with E-state index in [1.807, 2.05) is 0 Å². The van der Waals surface area contributed by atoms with Crippen LogP contribution in [0.2, 0.25) is 0 Å². The zero-order chi connectivity index (χ0) is 13.9. The molecule has 3 nitrogen and oxygen atoms in total. The van der Waals surface area contributed by atoms with Gasteiger partial charge in [-0.25, -0.2) is 0 Å². The molecule has 19 heavy (non-hydrogen) atoms. The second-order valence-corrected chi connectivity index (χ2v) is 7.45. The molecule has 0 bridgehead atoms. The van der Waals surface area contributed by atoms with Crippen LogP contribution in [0.1, 0.15) is 53.4 Å². The summed E-state index contributed by atoms with van der Waals surface area (Å²) in [6.07, 6.45) is 5.60. The highest BCUT2D eigenvalue weighted by molar-refractivity contribution is 4.90. The molecule has 3 heteroatoms. The maximum atomic E-state index is 5.86. The third-order valence-corrected chi connectivity index (χ3v) is 4.76. The average molecular weight is 268 g/mol. The molecular weight excluding hydrogens is 236 g/mol. The second-order valence-electron chi connectivity index (χ2n) is 7.45. The van der Waals surface area contributed by atoms with Crippen LogP contribution in [0, 0.1) is 5.41 Å². The molecule has 0 saturated carbocycles. The van der Waals surface area contributed by atoms with Crippen molar-refractivity contribution in [2.24, 2.45) is 5.41 Å². The molecule has 0 aliphatic carbocycles. The first-order valence-corrected chi connectivity index (χ1v) is 8.06. The number of hydrogen-bond acceptors (Lipinski definition) is 3. The predicted molar refractivity (Wildman–Crippen MR) is 80.5 cm³/mol. The molecule has 2 aliphatic heterocycles. The van der Waals surface area contributed by atoms with Crippen molar-refractivity contribution >= 4 is 0 Å². The summed E-state index contributed by atoms with van der Waals surface area (Å²) < 4.78 is 5.86. The van der Waals surface area contributed by atoms with Crippen LogP contribution in [0.5, 0.6) is 0 Å². The van der Waals surface area contributed by atoms with Gasteiger partial charge in [-0.15, -0.1) is 0 Å². The van der Waals surface area contributed by atoms with E-state index in [4.69, 9.17) is 4.74 Å². The van der Waals surface area contributed by atoms with Crippen LogP contribution >= 0.6 is 0 Å². The normalized spacial score (nSPS) is 34.4. The van der Waals surface area contributed by atoms with Gasteiger partial charge in [0.05, 0.1) is 6.10 Å². The summed E-state index contributed by atoms with van der Waals surface area (Å²) in [7, 11) is 0. The lowest BCUT2D eigenvalue weighted by Gasteiger charge is -2.44. The van der Waals surface area contributed by atoms with Crippen LogP contribution in [-0.4, -0.2) is 49.3 Å². The fourth-order valence-electron chi connectivity index (χ4n) is 3.16. The second kappa shape index (κ2) is 6.55. The van der Waals surface area contributed by atoms with Crippen molar-refractivity contribution < 1.29 is 4.74 Å². The Bertz CT molecular complexity index is 268. The summed E-state index contributed by atoms with van der Waals surface area (Å²) in [6.45, 7) is 13.8. The number of hydrogen-bond donors (Lipinski definition) is 1. The summed E-state index contributed by atoms with van der Waals surface area (Å²) in [5.74, 6) is 0. The van der Waals surface area contributed by atoms with Gasteiger partial charge in [-0.3, -0.25) is 4.90 Å². The Kier molecular flexibility index (Phi) is 5.27. The first kappa shape index (κ1) is 15.3. The lowest BCUT2D eigenvalue weighted by Crippen LogP contribution is -2.59. The fraction of sp³-hybridized carbons (Fsp3) is 1.00. The van der Waals surface area contributed by atoms with E-state index in [1.165, 1.54) is 38.8 Å². The van der Waals surface area contributed by atoms with Crippen LogP contribution in [0.3, 0.4) is 0 Å². The van der Waals surface area contributed by atoms with Gasteiger partial charge in [-0.1, -0.05) is 20.8 Å². The molecule has 0 aromatic rings. The molecule has 1 N–H and O–H groups in total. The Balaban J connectivity index is 1.80. The Labute approximate surface area is 119 Å². The zero-order valence-corrected chi connectivity index (χ0v) is 13.2. The highest BCUT2D eigenvalue weighted by atomic mass is 16.5. The minimum absolute atomic E-state index is 0.347. The fourth-order valence-corrected chi connectivity index (χ4v) is 3.16. The third-order valence-electron chi connectivity index (χ3n) is 4.76. The van der Waals surface area contributed by atoms with Crippen LogP contribution in [-0.2, 0) is 4.74 Å². The van der Waals surface area contributed by atoms with Gasteiger partial charge in [0.15, 0.2) is 0 Å². The summed E-state index contributed by atoms with van der Waals surface area (Å²) in [6, 6.07) is 1.26. The van der Waals surface area contributed by atoms with Crippen molar-refractivity contribution in [3.63, 3.8) is 0 Å². The first-order valence-electron chi connectivity index (χ1n) is 8.06. The van der Waals surface area contributed by atoms with E-state index in [-0.39, 0.29) is 0 Å². The van der Waals surface area contributed by atoms with Gasteiger partial charge in [0.1, 0.15) is 0 Å². The van der Waals surface area contributed by atoms with E-state index in [9.17, 15) is 0 Å². The Morgan fingerprint density at radius 2 is 2.05 bits per heavy atom. The molecular formula is C16H32N2O. The van der Waals surface area contributed by atoms with Gasteiger partial charge in [0.25, 0.3) is 0 Å². The van der Waals surface area contributed by atoms with Crippen LogP contribution in [0.4, 0.5) is 0 Å². The van der Waals surface area contributed by atoms with Crippen molar-refractivity contribution in [2.45, 2.75) is 71.6 Å². The van der Waals surface area contributed by atoms with Crippen LogP contribution in [0.25, 0.3) is 0 Å². The van der Waals surface area contributed by atoms with Gasteiger partial charge in [-0.2, -0.15) is 0 Å². The maximum absolute atomic E-state index is 5.86. The quantitative estimate of drug-likeness (QED) is 0.851. The Morgan fingerprint density at radius 1 is 1.26 bits per heavy atom. The maximum Gasteiger partial charge on any atom is 0.0587 e. The topological polar surface area (TPSA) is 24.5 Å². The number of nitrogens with one attached hydrogen (secondary N) is 1. The number of ether oxygens (including phenoxy) is 1. The van der Waals surface area contributed by atoms with E-state index < -0.39 is 0 Å². The molecule has 0 spiro atoms. The Hall–Kier alpha value is -0.120. The molecule has 112 valence electrons. The molecule has 2 rings (SSSR count). The van der Waals surface area contributed by atoms with Gasteiger partial charge in [-0.05, 0) is 38.0 Å². The average Bonchev–Trinajstić information content (AvgIpc) is 2.37. The Morgan fingerprint density at radius 3 is 2.68 bits per heavy atom. The van der Waals surface area contributed by atoms with Crippen molar-refractivity contribution in [3.05, 3.63) is 0 Å². The summed E-state index contributed by atoms with van der Waals surface area (Å²) in [5.41, 5.74) is 0.347. The molecule has 0 amide bonds. The summed E-state index contributed by atoms with van der Waals surface area (Å²) in [4.78, 5) is 2.66. The van der Waals surface area contributed by atoms with Crippen molar-refractivity contribution in [3.8, 4) is 0 Å². The molecule has 3 atom stereocenters. The lowest BCUT2D eigenvalue weighted by atomic mass is 9.84. The minimum atomic E-state index is 0.347. The van der Waals surface area contributed by atoms with Crippen molar-refractivity contribution in [1.29, 1.82) is 0 Å². The van der Waals surface area contributed by atoms with Crippen LogP contribution < -0.4 is 5.32 Å². The van der Waals surface area contributed by atoms with E-state index in [0.717, 1.165) is 13.2 Å². The smallest absolute Gasteiger partial charge is 0.0587 e. The number of nitrogens with zero attached hydrogens (tertiary/aromatic N) is 1. The predicted octanol–water partition coefficient (Wildman–Crippen LogP) is 2.65. The molecule has 3 unspecified atom stereocenters. The number of piperazine rings is 1. The van der Waals surface area contributed by atoms with E-state index >= 15 is 0 Å². The number of rotatable bonds is 3. The lowest BCUT2D eigenvalue weighted by molar-refractivity contribution is -0.00181. The van der Waals surface area contributed by atoms with Gasteiger partial charge in [0.2, 0.25) is 0 Å². The highest BCUT2D eigenvalue weighted by Gasteiger charge is 2.32. The largest absolute Gasteiger partial charge is 0.378 e. The molecule has 0 radical (unpaired) electrons. The molecule has 2 saturated heterocycles. The van der Waals surface area contributed by atoms with E-state index in [0.29, 0.717) is 23.6 Å². The molecule has 2 fully saturated rings. The van der Waals surface area contributed by atoms with Crippen molar-refractivity contribution in [2.75, 3.05) is 26.2 Å². The minimum Gasteiger partial charge on any atom is -0.378 e. The molecule has 0 aromatic heterocycles. The van der Waals surface area contributed by atoms with Gasteiger partial charge < -0.3 is 10.1 Å². The van der Waals surface area contributed by atoms with E-state index in [2.05, 4.69) is 37.9 Å². The molecule has 0 aromatic carbocycles. The van der Waals surface area contributed by atoms with Gasteiger partial charge in [0, 0.05) is 38.3 Å². The van der Waals surface area contributed by atoms with Crippen LogP contribution in [0.15, 0.2) is 0 Å². The highest BCUT2D eigenvalue weighted by Crippen LogP contribution is 2.24. The molecule has 2 heterocycles. The summed E-state index contributed by atoms with van der Waals surface area (Å²) >= 11 is 0. The van der Waals surface area contributed by atoms with Crippen molar-refractivity contribution in [1.82, 2.24) is 10.2 Å². The molecule has 2 aliphatic rings. The van der Waals surface area contributed by atoms with E-state index in [1.54, 1.807) is 0 Å². The zero-order valence-electron chi connectivity index (χ0n) is 13.2. The van der Waals surface area contributed by atoms with Gasteiger partial charge >= 0.3 is 0 Å². The third kappa shape index (κ3) is 4.44.